The first-order valence-corrected chi connectivity index (χ1v) is 7.85. The Morgan fingerprint density at radius 2 is 2.14 bits per heavy atom. The van der Waals surface area contributed by atoms with Crippen LogP contribution in [0, 0.1) is 6.92 Å². The Labute approximate surface area is 129 Å². The molecule has 0 saturated carbocycles. The molecule has 1 fully saturated rings. The van der Waals surface area contributed by atoms with Gasteiger partial charge in [0.2, 0.25) is 0 Å². The standard InChI is InChI=1S/C17H29N3O/c1-13(2)20-8-9-21-16(12-20)11-18-15-7-6-14(3)17(10-15)19(4)5/h6-7,10,13,16,18H,8-9,11-12H2,1-5H3. The molecule has 1 atom stereocenters. The van der Waals surface area contributed by atoms with Crippen LogP contribution in [0.15, 0.2) is 18.2 Å². The molecule has 0 aromatic heterocycles. The van der Waals surface area contributed by atoms with Gasteiger partial charge in [0, 0.05) is 51.1 Å². The van der Waals surface area contributed by atoms with Gasteiger partial charge in [0.15, 0.2) is 0 Å². The van der Waals surface area contributed by atoms with Crippen molar-refractivity contribution in [2.45, 2.75) is 32.9 Å². The zero-order valence-corrected chi connectivity index (χ0v) is 14.0. The molecule has 4 heteroatoms. The molecule has 4 nitrogen and oxygen atoms in total. The van der Waals surface area contributed by atoms with Crippen molar-refractivity contribution in [2.24, 2.45) is 0 Å². The maximum Gasteiger partial charge on any atom is 0.0874 e. The van der Waals surface area contributed by atoms with Crippen LogP contribution in [0.2, 0.25) is 0 Å². The fourth-order valence-electron chi connectivity index (χ4n) is 2.77. The fraction of sp³-hybridized carbons (Fsp3) is 0.647. The average Bonchev–Trinajstić information content (AvgIpc) is 2.46. The third-order valence-electron chi connectivity index (χ3n) is 4.13. The van der Waals surface area contributed by atoms with Crippen LogP contribution in [0.1, 0.15) is 19.4 Å². The molecule has 21 heavy (non-hydrogen) atoms. The van der Waals surface area contributed by atoms with E-state index in [1.54, 1.807) is 0 Å². The molecule has 0 aliphatic carbocycles. The van der Waals surface area contributed by atoms with Gasteiger partial charge in [0.05, 0.1) is 12.7 Å². The topological polar surface area (TPSA) is 27.7 Å². The molecule has 1 unspecified atom stereocenters. The third-order valence-corrected chi connectivity index (χ3v) is 4.13. The van der Waals surface area contributed by atoms with Gasteiger partial charge >= 0.3 is 0 Å². The van der Waals surface area contributed by atoms with Crippen LogP contribution in [-0.4, -0.2) is 57.4 Å². The quantitative estimate of drug-likeness (QED) is 0.902. The Morgan fingerprint density at radius 1 is 1.38 bits per heavy atom. The number of aryl methyl sites for hydroxylation is 1. The summed E-state index contributed by atoms with van der Waals surface area (Å²) in [5.41, 5.74) is 3.72. The van der Waals surface area contributed by atoms with Gasteiger partial charge in [-0.15, -0.1) is 0 Å². The lowest BCUT2D eigenvalue weighted by atomic mass is 10.1. The Hall–Kier alpha value is -1.26. The fourth-order valence-corrected chi connectivity index (χ4v) is 2.77. The van der Waals surface area contributed by atoms with Crippen molar-refractivity contribution in [3.05, 3.63) is 23.8 Å². The van der Waals surface area contributed by atoms with E-state index in [9.17, 15) is 0 Å². The van der Waals surface area contributed by atoms with Crippen molar-refractivity contribution in [3.8, 4) is 0 Å². The van der Waals surface area contributed by atoms with Gasteiger partial charge in [-0.2, -0.15) is 0 Å². The Morgan fingerprint density at radius 3 is 2.81 bits per heavy atom. The lowest BCUT2D eigenvalue weighted by Gasteiger charge is -2.35. The minimum atomic E-state index is 0.269. The highest BCUT2D eigenvalue weighted by molar-refractivity contribution is 5.61. The molecule has 2 rings (SSSR count). The van der Waals surface area contributed by atoms with Crippen LogP contribution >= 0.6 is 0 Å². The van der Waals surface area contributed by atoms with E-state index in [2.05, 4.69) is 68.2 Å². The summed E-state index contributed by atoms with van der Waals surface area (Å²) in [6.07, 6.45) is 0.269. The van der Waals surface area contributed by atoms with Crippen molar-refractivity contribution in [1.82, 2.24) is 4.90 Å². The van der Waals surface area contributed by atoms with Crippen LogP contribution in [0.5, 0.6) is 0 Å². The molecule has 118 valence electrons. The van der Waals surface area contributed by atoms with Crippen molar-refractivity contribution >= 4 is 11.4 Å². The highest BCUT2D eigenvalue weighted by atomic mass is 16.5. The van der Waals surface area contributed by atoms with Gasteiger partial charge in [-0.3, -0.25) is 4.90 Å². The number of ether oxygens (including phenoxy) is 1. The number of nitrogens with zero attached hydrogens (tertiary/aromatic N) is 2. The zero-order chi connectivity index (χ0) is 15.4. The summed E-state index contributed by atoms with van der Waals surface area (Å²) < 4.78 is 5.87. The summed E-state index contributed by atoms with van der Waals surface area (Å²) in [6, 6.07) is 7.11. The average molecular weight is 291 g/mol. The van der Waals surface area contributed by atoms with Crippen molar-refractivity contribution < 1.29 is 4.74 Å². The zero-order valence-electron chi connectivity index (χ0n) is 14.0. The van der Waals surface area contributed by atoms with E-state index >= 15 is 0 Å². The number of benzene rings is 1. The van der Waals surface area contributed by atoms with E-state index < -0.39 is 0 Å². The molecule has 1 aromatic carbocycles. The Balaban J connectivity index is 1.92. The molecule has 0 amide bonds. The SMILES string of the molecule is Cc1ccc(NCC2CN(C(C)C)CCO2)cc1N(C)C. The first-order chi connectivity index (χ1) is 9.97. The van der Waals surface area contributed by atoms with Crippen LogP contribution in [-0.2, 0) is 4.74 Å². The number of hydrogen-bond acceptors (Lipinski definition) is 4. The predicted molar refractivity (Wildman–Crippen MR) is 90.4 cm³/mol. The Bertz CT molecular complexity index is 459. The van der Waals surface area contributed by atoms with E-state index in [0.29, 0.717) is 6.04 Å². The van der Waals surface area contributed by atoms with E-state index in [0.717, 1.165) is 31.9 Å². The molecular formula is C17H29N3O. The number of rotatable bonds is 5. The molecule has 1 saturated heterocycles. The van der Waals surface area contributed by atoms with Gasteiger partial charge in [-0.05, 0) is 38.5 Å². The van der Waals surface area contributed by atoms with E-state index in [1.807, 2.05) is 0 Å². The highest BCUT2D eigenvalue weighted by Gasteiger charge is 2.21. The lowest BCUT2D eigenvalue weighted by Crippen LogP contribution is -2.48. The van der Waals surface area contributed by atoms with Gasteiger partial charge in [0.25, 0.3) is 0 Å². The molecule has 0 bridgehead atoms. The minimum Gasteiger partial charge on any atom is -0.382 e. The smallest absolute Gasteiger partial charge is 0.0874 e. The van der Waals surface area contributed by atoms with Crippen molar-refractivity contribution in [1.29, 1.82) is 0 Å². The second kappa shape index (κ2) is 7.14. The van der Waals surface area contributed by atoms with Crippen LogP contribution in [0.25, 0.3) is 0 Å². The summed E-state index contributed by atoms with van der Waals surface area (Å²) in [4.78, 5) is 4.63. The lowest BCUT2D eigenvalue weighted by molar-refractivity contribution is -0.0315. The molecule has 1 N–H and O–H groups in total. The van der Waals surface area contributed by atoms with Crippen LogP contribution < -0.4 is 10.2 Å². The van der Waals surface area contributed by atoms with Crippen LogP contribution in [0.3, 0.4) is 0 Å². The first-order valence-electron chi connectivity index (χ1n) is 7.85. The molecule has 1 heterocycles. The van der Waals surface area contributed by atoms with Crippen LogP contribution in [0.4, 0.5) is 11.4 Å². The number of anilines is 2. The van der Waals surface area contributed by atoms with Gasteiger partial charge < -0.3 is 15.0 Å². The second-order valence-electron chi connectivity index (χ2n) is 6.36. The van der Waals surface area contributed by atoms with E-state index in [4.69, 9.17) is 4.74 Å². The summed E-state index contributed by atoms with van der Waals surface area (Å²) in [5.74, 6) is 0. The highest BCUT2D eigenvalue weighted by Crippen LogP contribution is 2.22. The van der Waals surface area contributed by atoms with E-state index in [-0.39, 0.29) is 6.10 Å². The molecule has 1 aliphatic rings. The van der Waals surface area contributed by atoms with Gasteiger partial charge in [0.1, 0.15) is 0 Å². The summed E-state index contributed by atoms with van der Waals surface area (Å²) in [7, 11) is 4.16. The third kappa shape index (κ3) is 4.35. The largest absolute Gasteiger partial charge is 0.382 e. The summed E-state index contributed by atoms with van der Waals surface area (Å²) >= 11 is 0. The second-order valence-corrected chi connectivity index (χ2v) is 6.36. The summed E-state index contributed by atoms with van der Waals surface area (Å²) in [6.45, 7) is 10.4. The van der Waals surface area contributed by atoms with Gasteiger partial charge in [-0.1, -0.05) is 6.07 Å². The minimum absolute atomic E-state index is 0.269. The maximum absolute atomic E-state index is 5.87. The number of nitrogens with one attached hydrogen (secondary N) is 1. The normalized spacial score (nSPS) is 19.8. The molecule has 0 radical (unpaired) electrons. The molecular weight excluding hydrogens is 262 g/mol. The molecule has 1 aromatic rings. The van der Waals surface area contributed by atoms with Crippen molar-refractivity contribution in [2.75, 3.05) is 50.6 Å². The molecule has 0 spiro atoms. The van der Waals surface area contributed by atoms with Gasteiger partial charge in [-0.25, -0.2) is 0 Å². The van der Waals surface area contributed by atoms with E-state index in [1.165, 1.54) is 11.3 Å². The number of morpholine rings is 1. The first kappa shape index (κ1) is 16.1. The molecule has 1 aliphatic heterocycles. The maximum atomic E-state index is 5.87. The predicted octanol–water partition coefficient (Wildman–Crippen LogP) is 2.58. The summed E-state index contributed by atoms with van der Waals surface area (Å²) in [5, 5.41) is 3.52. The Kier molecular flexibility index (Phi) is 5.48. The van der Waals surface area contributed by atoms with Crippen molar-refractivity contribution in [3.63, 3.8) is 0 Å². The number of hydrogen-bond donors (Lipinski definition) is 1. The monoisotopic (exact) mass is 291 g/mol.